The van der Waals surface area contributed by atoms with E-state index in [1.165, 1.54) is 13.0 Å². The van der Waals surface area contributed by atoms with E-state index in [0.717, 1.165) is 11.3 Å². The normalized spacial score (nSPS) is 17.8. The van der Waals surface area contributed by atoms with Gasteiger partial charge in [0.25, 0.3) is 0 Å². The lowest BCUT2D eigenvalue weighted by Gasteiger charge is -2.19. The Hall–Kier alpha value is -1.98. The lowest BCUT2D eigenvalue weighted by atomic mass is 10.0. The number of aryl methyl sites for hydroxylation is 1. The van der Waals surface area contributed by atoms with Crippen LogP contribution in [0.5, 0.6) is 0 Å². The van der Waals surface area contributed by atoms with Gasteiger partial charge in [-0.05, 0) is 60.2 Å². The van der Waals surface area contributed by atoms with Gasteiger partial charge in [0, 0.05) is 5.69 Å². The van der Waals surface area contributed by atoms with Crippen molar-refractivity contribution in [2.24, 2.45) is 4.36 Å². The fraction of sp³-hybridized carbons (Fsp3) is 0.474. The summed E-state index contributed by atoms with van der Waals surface area (Å²) >= 11 is 1.04. The minimum atomic E-state index is -4.71. The zero-order valence-corrected chi connectivity index (χ0v) is 18.4. The second kappa shape index (κ2) is 7.93. The van der Waals surface area contributed by atoms with Crippen molar-refractivity contribution in [2.45, 2.75) is 62.4 Å². The maximum absolute atomic E-state index is 13.7. The van der Waals surface area contributed by atoms with Crippen LogP contribution >= 0.6 is 11.3 Å². The fourth-order valence-corrected chi connectivity index (χ4v) is 5.28. The van der Waals surface area contributed by atoms with Crippen LogP contribution in [0.2, 0.25) is 0 Å². The summed E-state index contributed by atoms with van der Waals surface area (Å²) in [7, 11) is -2.12. The van der Waals surface area contributed by atoms with Crippen molar-refractivity contribution >= 4 is 33.7 Å². The number of pyridine rings is 1. The highest BCUT2D eigenvalue weighted by Gasteiger charge is 2.40. The third-order valence-electron chi connectivity index (χ3n) is 4.94. The molecule has 6 nitrogen and oxygen atoms in total. The number of urea groups is 1. The summed E-state index contributed by atoms with van der Waals surface area (Å²) in [5.74, 6) is -0.0194. The molecule has 0 fully saturated rings. The van der Waals surface area contributed by atoms with Crippen LogP contribution in [-0.4, -0.2) is 16.1 Å². The van der Waals surface area contributed by atoms with Crippen LogP contribution in [0.25, 0.3) is 0 Å². The summed E-state index contributed by atoms with van der Waals surface area (Å²) in [6, 6.07) is 0.318. The molecule has 164 valence electrons. The Morgan fingerprint density at radius 1 is 1.40 bits per heavy atom. The summed E-state index contributed by atoms with van der Waals surface area (Å²) in [6.07, 6.45) is -3.73. The first kappa shape index (κ1) is 22.7. The van der Waals surface area contributed by atoms with E-state index in [1.807, 2.05) is 6.92 Å². The molecule has 1 unspecified atom stereocenters. The predicted octanol–water partition coefficient (Wildman–Crippen LogP) is 5.49. The van der Waals surface area contributed by atoms with Crippen LogP contribution in [0, 0.1) is 6.92 Å². The molecule has 0 saturated heterocycles. The summed E-state index contributed by atoms with van der Waals surface area (Å²) in [5, 5.41) is 13.8. The third kappa shape index (κ3) is 4.52. The Kier molecular flexibility index (Phi) is 6.00. The molecule has 30 heavy (non-hydrogen) atoms. The van der Waals surface area contributed by atoms with E-state index in [2.05, 4.69) is 14.7 Å². The van der Waals surface area contributed by atoms with Crippen LogP contribution in [0.3, 0.4) is 0 Å². The molecule has 0 aromatic carbocycles. The van der Waals surface area contributed by atoms with E-state index in [0.29, 0.717) is 29.7 Å². The Morgan fingerprint density at radius 3 is 2.63 bits per heavy atom. The van der Waals surface area contributed by atoms with E-state index in [1.54, 1.807) is 19.2 Å². The number of nitrogens with one attached hydrogen (secondary N) is 1. The number of halogens is 3. The summed E-state index contributed by atoms with van der Waals surface area (Å²) < 4.78 is 57.1. The molecule has 11 heteroatoms. The van der Waals surface area contributed by atoms with Gasteiger partial charge in [-0.25, -0.2) is 4.79 Å². The van der Waals surface area contributed by atoms with Gasteiger partial charge in [0.15, 0.2) is 0 Å². The molecule has 0 spiro atoms. The summed E-state index contributed by atoms with van der Waals surface area (Å²) in [6.45, 7) is 6.23. The van der Waals surface area contributed by atoms with Crippen LogP contribution in [0.4, 0.5) is 23.7 Å². The largest absolute Gasteiger partial charge is 0.439 e. The van der Waals surface area contributed by atoms with Gasteiger partial charge in [-0.1, -0.05) is 13.0 Å². The fourth-order valence-electron chi connectivity index (χ4n) is 3.39. The van der Waals surface area contributed by atoms with Crippen molar-refractivity contribution < 1.29 is 27.3 Å². The number of alkyl halides is 3. The first-order valence-electron chi connectivity index (χ1n) is 9.15. The predicted molar refractivity (Wildman–Crippen MR) is 108 cm³/mol. The molecule has 2 N–H and O–H groups in total. The van der Waals surface area contributed by atoms with Crippen molar-refractivity contribution in [3.05, 3.63) is 39.5 Å². The minimum Gasteiger partial charge on any atom is -0.439 e. The number of anilines is 1. The van der Waals surface area contributed by atoms with Gasteiger partial charge >= 0.3 is 12.2 Å². The average Bonchev–Trinajstić information content (AvgIpc) is 3.21. The quantitative estimate of drug-likeness (QED) is 0.593. The van der Waals surface area contributed by atoms with Crippen LogP contribution < -0.4 is 5.32 Å². The second-order valence-electron chi connectivity index (χ2n) is 7.73. The van der Waals surface area contributed by atoms with Gasteiger partial charge in [-0.3, -0.25) is 4.98 Å². The van der Waals surface area contributed by atoms with E-state index in [9.17, 15) is 27.3 Å². The number of rotatable bonds is 3. The topological polar surface area (TPSA) is 91.7 Å². The molecule has 3 rings (SSSR count). The number of fused-ring (bicyclic) bond motifs is 1. The number of aromatic nitrogens is 1. The number of thiophene rings is 1. The van der Waals surface area contributed by atoms with E-state index in [-0.39, 0.29) is 21.5 Å². The molecule has 0 bridgehead atoms. The number of carbonyl (C=O) groups is 1. The number of hydrogen-bond donors (Lipinski definition) is 2. The molecule has 0 radical (unpaired) electrons. The van der Waals surface area contributed by atoms with Gasteiger partial charge < -0.3 is 19.0 Å². The first-order valence-corrected chi connectivity index (χ1v) is 11.1. The molecule has 2 heterocycles. The van der Waals surface area contributed by atoms with Gasteiger partial charge in [0.2, 0.25) is 0 Å². The third-order valence-corrected chi connectivity index (χ3v) is 7.17. The lowest BCUT2D eigenvalue weighted by molar-refractivity contribution is -0.137. The molecule has 1 atom stereocenters. The summed E-state index contributed by atoms with van der Waals surface area (Å²) in [4.78, 5) is 16.5. The number of carbonyl (C=O) groups excluding carboxylic acids is 1. The number of hydrogen-bond acceptors (Lipinski definition) is 6. The second-order valence-corrected chi connectivity index (χ2v) is 10.0. The highest BCUT2D eigenvalue weighted by atomic mass is 32.2. The Balaban J connectivity index is 1.97. The van der Waals surface area contributed by atoms with Crippen molar-refractivity contribution in [3.8, 4) is 0 Å². The Morgan fingerprint density at radius 2 is 2.07 bits per heavy atom. The average molecular weight is 461 g/mol. The van der Waals surface area contributed by atoms with Gasteiger partial charge in [-0.2, -0.15) is 24.5 Å². The lowest BCUT2D eigenvalue weighted by Crippen LogP contribution is -2.19. The first-order chi connectivity index (χ1) is 13.8. The zero-order chi connectivity index (χ0) is 22.4. The molecule has 1 aliphatic rings. The Bertz CT molecular complexity index is 1080. The molecular weight excluding hydrogens is 439 g/mol. The molecule has 0 aliphatic heterocycles. The van der Waals surface area contributed by atoms with E-state index in [4.69, 9.17) is 0 Å². The Labute approximate surface area is 177 Å². The smallest absolute Gasteiger partial charge is 0.420 e. The monoisotopic (exact) mass is 460 g/mol. The van der Waals surface area contributed by atoms with Crippen LogP contribution in [0.15, 0.2) is 20.0 Å². The number of nitrogens with zero attached hydrogens (tertiary/aromatic N) is 2. The SMILES string of the molecule is Cc1nc2c(c(NC(=O)/N=[S-](=O)/c3cc(C(C)(C)O)cs3)c1C(F)(F)F)CCC2C. The van der Waals surface area contributed by atoms with E-state index >= 15 is 0 Å². The maximum atomic E-state index is 13.7. The molecule has 0 saturated carbocycles. The van der Waals surface area contributed by atoms with Gasteiger partial charge in [-0.15, -0.1) is 10.6 Å². The number of aliphatic hydroxyl groups is 1. The number of amides is 2. The van der Waals surface area contributed by atoms with Gasteiger partial charge in [0.1, 0.15) is 5.56 Å². The van der Waals surface area contributed by atoms with Crippen molar-refractivity contribution in [1.82, 2.24) is 4.98 Å². The van der Waals surface area contributed by atoms with Crippen molar-refractivity contribution in [3.63, 3.8) is 0 Å². The molecular formula is C19H21F3N3O3S2-. The van der Waals surface area contributed by atoms with Crippen molar-refractivity contribution in [1.29, 1.82) is 0 Å². The molecule has 2 amide bonds. The van der Waals surface area contributed by atoms with E-state index < -0.39 is 34.0 Å². The van der Waals surface area contributed by atoms with Crippen molar-refractivity contribution in [2.75, 3.05) is 5.32 Å². The maximum Gasteiger partial charge on any atom is 0.420 e. The summed E-state index contributed by atoms with van der Waals surface area (Å²) in [5.41, 5.74) is -1.37. The van der Waals surface area contributed by atoms with Crippen LogP contribution in [0.1, 0.15) is 61.2 Å². The standard InChI is InChI=1S/C19H21F3N3O3S2/c1-9-5-6-12-15(9)23-10(2)14(19(20,21)22)16(12)24-17(26)25-30(28)13-7-11(8-29-13)18(3,4)27/h7-9,27H,5-6H2,1-4H3,(H,23,24,26)/q-1. The molecule has 2 aromatic rings. The van der Waals surface area contributed by atoms with Gasteiger partial charge in [0.05, 0.1) is 17.0 Å². The highest BCUT2D eigenvalue weighted by Crippen LogP contribution is 2.44. The van der Waals surface area contributed by atoms with Crippen LogP contribution in [-0.2, 0) is 33.0 Å². The minimum absolute atomic E-state index is 0.0194. The zero-order valence-electron chi connectivity index (χ0n) is 16.8. The molecule has 2 aromatic heterocycles. The highest BCUT2D eigenvalue weighted by molar-refractivity contribution is 7.78. The molecule has 1 aliphatic carbocycles.